The fourth-order valence-electron chi connectivity index (χ4n) is 3.57. The highest BCUT2D eigenvalue weighted by Gasteiger charge is 2.33. The number of benzene rings is 1. The highest BCUT2D eigenvalue weighted by Crippen LogP contribution is 2.22. The number of rotatable bonds is 4. The highest BCUT2D eigenvalue weighted by atomic mass is 16.5. The molecule has 2 fully saturated rings. The Morgan fingerprint density at radius 3 is 2.81 bits per heavy atom. The molecule has 2 unspecified atom stereocenters. The highest BCUT2D eigenvalue weighted by molar-refractivity contribution is 5.99. The zero-order valence-corrected chi connectivity index (χ0v) is 15.0. The summed E-state index contributed by atoms with van der Waals surface area (Å²) in [6, 6.07) is 6.35. The minimum Gasteiger partial charge on any atom is -0.467 e. The molecule has 3 rings (SSSR count). The van der Waals surface area contributed by atoms with Gasteiger partial charge in [0.25, 0.3) is 5.91 Å². The van der Waals surface area contributed by atoms with Crippen LogP contribution in [-0.2, 0) is 14.3 Å². The van der Waals surface area contributed by atoms with Gasteiger partial charge in [-0.05, 0) is 50.4 Å². The van der Waals surface area contributed by atoms with Crippen molar-refractivity contribution in [3.63, 3.8) is 0 Å². The summed E-state index contributed by atoms with van der Waals surface area (Å²) in [5, 5.41) is 6.05. The molecule has 2 amide bonds. The van der Waals surface area contributed by atoms with E-state index in [0.717, 1.165) is 25.8 Å². The van der Waals surface area contributed by atoms with Gasteiger partial charge < -0.3 is 20.3 Å². The van der Waals surface area contributed by atoms with E-state index in [4.69, 9.17) is 4.74 Å². The minimum absolute atomic E-state index is 0.0370. The largest absolute Gasteiger partial charge is 0.467 e. The van der Waals surface area contributed by atoms with Gasteiger partial charge >= 0.3 is 5.97 Å². The number of anilines is 1. The third-order valence-corrected chi connectivity index (χ3v) is 5.05. The fourth-order valence-corrected chi connectivity index (χ4v) is 3.57. The van der Waals surface area contributed by atoms with Crippen LogP contribution >= 0.6 is 0 Å². The normalized spacial score (nSPS) is 22.7. The lowest BCUT2D eigenvalue weighted by molar-refractivity contribution is -0.147. The number of esters is 1. The van der Waals surface area contributed by atoms with Crippen LogP contribution in [-0.4, -0.2) is 55.5 Å². The van der Waals surface area contributed by atoms with Crippen molar-refractivity contribution in [2.45, 2.75) is 31.7 Å². The number of nitrogens with one attached hydrogen (secondary N) is 2. The first-order chi connectivity index (χ1) is 12.6. The number of piperidine rings is 1. The third kappa shape index (κ3) is 4.04. The van der Waals surface area contributed by atoms with Crippen molar-refractivity contribution in [2.24, 2.45) is 5.92 Å². The van der Waals surface area contributed by atoms with Crippen LogP contribution in [0.1, 0.15) is 36.0 Å². The van der Waals surface area contributed by atoms with Gasteiger partial charge in [0.15, 0.2) is 0 Å². The molecule has 140 valence electrons. The predicted octanol–water partition coefficient (Wildman–Crippen LogP) is 1.40. The summed E-state index contributed by atoms with van der Waals surface area (Å²) in [5.41, 5.74) is 1.06. The predicted molar refractivity (Wildman–Crippen MR) is 96.7 cm³/mol. The smallest absolute Gasteiger partial charge is 0.328 e. The van der Waals surface area contributed by atoms with Crippen LogP contribution in [0.2, 0.25) is 0 Å². The van der Waals surface area contributed by atoms with Gasteiger partial charge in [0.05, 0.1) is 13.0 Å². The van der Waals surface area contributed by atoms with Gasteiger partial charge in [0.1, 0.15) is 6.04 Å². The van der Waals surface area contributed by atoms with Crippen LogP contribution in [0.15, 0.2) is 24.3 Å². The monoisotopic (exact) mass is 359 g/mol. The molecular weight excluding hydrogens is 334 g/mol. The molecule has 0 radical (unpaired) electrons. The molecule has 0 spiro atoms. The number of likely N-dealkylation sites (tertiary alicyclic amines) is 1. The molecule has 1 aromatic carbocycles. The Hall–Kier alpha value is -2.41. The molecule has 2 aliphatic rings. The lowest BCUT2D eigenvalue weighted by atomic mass is 10.0. The van der Waals surface area contributed by atoms with Crippen LogP contribution < -0.4 is 10.6 Å². The van der Waals surface area contributed by atoms with E-state index in [2.05, 4.69) is 10.6 Å². The number of amides is 2. The Kier molecular flexibility index (Phi) is 5.88. The van der Waals surface area contributed by atoms with Crippen molar-refractivity contribution in [2.75, 3.05) is 32.1 Å². The number of carbonyl (C=O) groups is 3. The molecule has 0 aromatic heterocycles. The van der Waals surface area contributed by atoms with E-state index in [1.807, 2.05) is 0 Å². The molecule has 26 heavy (non-hydrogen) atoms. The second kappa shape index (κ2) is 8.31. The average molecular weight is 359 g/mol. The topological polar surface area (TPSA) is 87.7 Å². The lowest BCUT2D eigenvalue weighted by Gasteiger charge is -2.33. The molecule has 7 heteroatoms. The molecule has 2 heterocycles. The molecule has 1 aromatic rings. The van der Waals surface area contributed by atoms with Crippen molar-refractivity contribution >= 4 is 23.5 Å². The summed E-state index contributed by atoms with van der Waals surface area (Å²) < 4.78 is 4.84. The fraction of sp³-hybridized carbons (Fsp3) is 0.526. The molecular formula is C19H25N3O4. The van der Waals surface area contributed by atoms with Gasteiger partial charge in [0, 0.05) is 24.3 Å². The summed E-state index contributed by atoms with van der Waals surface area (Å²) in [7, 11) is 1.34. The summed E-state index contributed by atoms with van der Waals surface area (Å²) in [4.78, 5) is 38.8. The molecule has 2 N–H and O–H groups in total. The van der Waals surface area contributed by atoms with Crippen molar-refractivity contribution in [3.05, 3.63) is 29.8 Å². The van der Waals surface area contributed by atoms with Gasteiger partial charge in [-0.15, -0.1) is 0 Å². The summed E-state index contributed by atoms with van der Waals surface area (Å²) in [5.74, 6) is -0.667. The summed E-state index contributed by atoms with van der Waals surface area (Å²) in [6.07, 6.45) is 3.20. The zero-order chi connectivity index (χ0) is 18.5. The number of ether oxygens (including phenoxy) is 1. The molecule has 0 bridgehead atoms. The van der Waals surface area contributed by atoms with Crippen LogP contribution in [0, 0.1) is 5.92 Å². The maximum Gasteiger partial charge on any atom is 0.328 e. The molecule has 0 aliphatic carbocycles. The van der Waals surface area contributed by atoms with Gasteiger partial charge in [0.2, 0.25) is 5.91 Å². The molecule has 0 saturated carbocycles. The van der Waals surface area contributed by atoms with Gasteiger partial charge in [-0.1, -0.05) is 6.07 Å². The Morgan fingerprint density at radius 1 is 1.23 bits per heavy atom. The van der Waals surface area contributed by atoms with Crippen molar-refractivity contribution < 1.29 is 19.1 Å². The van der Waals surface area contributed by atoms with Crippen LogP contribution in [0.3, 0.4) is 0 Å². The Labute approximate surface area is 153 Å². The van der Waals surface area contributed by atoms with Crippen molar-refractivity contribution in [1.29, 1.82) is 0 Å². The van der Waals surface area contributed by atoms with E-state index in [-0.39, 0.29) is 23.7 Å². The van der Waals surface area contributed by atoms with E-state index in [1.165, 1.54) is 7.11 Å². The van der Waals surface area contributed by atoms with Crippen molar-refractivity contribution in [3.8, 4) is 0 Å². The van der Waals surface area contributed by atoms with E-state index in [9.17, 15) is 14.4 Å². The lowest BCUT2D eigenvalue weighted by Crippen LogP contribution is -2.48. The first kappa shape index (κ1) is 18.4. The average Bonchev–Trinajstić information content (AvgIpc) is 3.22. The number of hydrogen-bond acceptors (Lipinski definition) is 5. The Balaban J connectivity index is 1.72. The molecule has 7 nitrogen and oxygen atoms in total. The quantitative estimate of drug-likeness (QED) is 0.794. The second-order valence-electron chi connectivity index (χ2n) is 6.79. The van der Waals surface area contributed by atoms with Crippen LogP contribution in [0.4, 0.5) is 5.69 Å². The van der Waals surface area contributed by atoms with E-state index >= 15 is 0 Å². The van der Waals surface area contributed by atoms with E-state index in [1.54, 1.807) is 29.2 Å². The SMILES string of the molecule is COC(=O)C1CCCCN1C(=O)c1cccc(NC(=O)C2CCNC2)c1. The number of hydrogen-bond donors (Lipinski definition) is 2. The van der Waals surface area contributed by atoms with E-state index < -0.39 is 6.04 Å². The molecule has 2 atom stereocenters. The number of carbonyl (C=O) groups excluding carboxylic acids is 3. The summed E-state index contributed by atoms with van der Waals surface area (Å²) in [6.45, 7) is 2.06. The first-order valence-corrected chi connectivity index (χ1v) is 9.10. The molecule has 2 aliphatic heterocycles. The van der Waals surface area contributed by atoms with E-state index in [0.29, 0.717) is 30.8 Å². The number of methoxy groups -OCH3 is 1. The van der Waals surface area contributed by atoms with Gasteiger partial charge in [-0.25, -0.2) is 4.79 Å². The number of nitrogens with zero attached hydrogens (tertiary/aromatic N) is 1. The van der Waals surface area contributed by atoms with Crippen molar-refractivity contribution in [1.82, 2.24) is 10.2 Å². The second-order valence-corrected chi connectivity index (χ2v) is 6.79. The Bertz CT molecular complexity index is 685. The minimum atomic E-state index is -0.538. The van der Waals surface area contributed by atoms with Crippen LogP contribution in [0.25, 0.3) is 0 Å². The van der Waals surface area contributed by atoms with Gasteiger partial charge in [-0.3, -0.25) is 9.59 Å². The first-order valence-electron chi connectivity index (χ1n) is 9.10. The van der Waals surface area contributed by atoms with Crippen LogP contribution in [0.5, 0.6) is 0 Å². The zero-order valence-electron chi connectivity index (χ0n) is 15.0. The molecule has 2 saturated heterocycles. The Morgan fingerprint density at radius 2 is 2.08 bits per heavy atom. The third-order valence-electron chi connectivity index (χ3n) is 5.05. The summed E-state index contributed by atoms with van der Waals surface area (Å²) >= 11 is 0. The standard InChI is InChI=1S/C19H25N3O4/c1-26-19(25)16-7-2-3-10-22(16)18(24)13-5-4-6-15(11-13)21-17(23)14-8-9-20-12-14/h4-6,11,14,16,20H,2-3,7-10,12H2,1H3,(H,21,23). The van der Waals surface area contributed by atoms with Gasteiger partial charge in [-0.2, -0.15) is 0 Å². The maximum absolute atomic E-state index is 12.9. The maximum atomic E-state index is 12.9.